The second-order valence-corrected chi connectivity index (χ2v) is 5.10. The van der Waals surface area contributed by atoms with Gasteiger partial charge in [-0.3, -0.25) is 0 Å². The Bertz CT molecular complexity index is 157. The molecule has 0 aromatic carbocycles. The number of allylic oxidation sites excluding steroid dienone is 1. The summed E-state index contributed by atoms with van der Waals surface area (Å²) < 4.78 is 0. The van der Waals surface area contributed by atoms with E-state index in [1.165, 1.54) is 6.42 Å². The van der Waals surface area contributed by atoms with Gasteiger partial charge >= 0.3 is 0 Å². The second kappa shape index (κ2) is 8.23. The zero-order chi connectivity index (χ0) is 9.40. The molecule has 0 nitrogen and oxygen atoms in total. The van der Waals surface area contributed by atoms with E-state index >= 15 is 0 Å². The maximum Gasteiger partial charge on any atom is 0.129 e. The maximum atomic E-state index is 2.35. The average Bonchev–Trinajstić information content (AvgIpc) is 2.11. The molecule has 0 spiro atoms. The van der Waals surface area contributed by atoms with Gasteiger partial charge in [-0.05, 0) is 27.1 Å². The van der Waals surface area contributed by atoms with Gasteiger partial charge in [-0.2, -0.15) is 0 Å². The molecule has 2 atom stereocenters. The molecule has 0 aliphatic rings. The van der Waals surface area contributed by atoms with Crippen molar-refractivity contribution in [1.82, 2.24) is 0 Å². The van der Waals surface area contributed by atoms with Crippen LogP contribution in [0.25, 0.3) is 0 Å². The first-order chi connectivity index (χ1) is 5.74. The van der Waals surface area contributed by atoms with E-state index in [-0.39, 0.29) is 0 Å². The highest BCUT2D eigenvalue weighted by Gasteiger charge is 1.97. The predicted octanol–water partition coefficient (Wildman–Crippen LogP) is 3.19. The molecule has 68 valence electrons. The lowest BCUT2D eigenvalue weighted by molar-refractivity contribution is 0.696. The van der Waals surface area contributed by atoms with Crippen LogP contribution in [0.4, 0.5) is 0 Å². The molecular formula is C9H16BIS. The third-order valence-electron chi connectivity index (χ3n) is 1.76. The molecule has 0 amide bonds. The molecule has 0 aromatic heterocycles. The van der Waals surface area contributed by atoms with Crippen LogP contribution >= 0.6 is 30.1 Å². The number of rotatable bonds is 5. The highest BCUT2D eigenvalue weighted by Crippen LogP contribution is 2.22. The lowest BCUT2D eigenvalue weighted by Gasteiger charge is -2.03. The van der Waals surface area contributed by atoms with Crippen molar-refractivity contribution in [2.75, 3.05) is 0 Å². The summed E-state index contributed by atoms with van der Waals surface area (Å²) >= 11 is 2.35. The summed E-state index contributed by atoms with van der Waals surface area (Å²) in [7, 11) is 3.91. The quantitative estimate of drug-likeness (QED) is 0.426. The van der Waals surface area contributed by atoms with Gasteiger partial charge in [-0.1, -0.05) is 47.4 Å². The molecule has 3 heteroatoms. The van der Waals surface area contributed by atoms with E-state index < -0.39 is 0 Å². The van der Waals surface area contributed by atoms with Gasteiger partial charge in [0.15, 0.2) is 0 Å². The van der Waals surface area contributed by atoms with E-state index in [0.717, 1.165) is 0 Å². The van der Waals surface area contributed by atoms with E-state index in [0.29, 0.717) is 11.2 Å². The maximum absolute atomic E-state index is 2.35. The molecule has 0 N–H and O–H groups in total. The highest BCUT2D eigenvalue weighted by molar-refractivity contribution is 14.2. The molecule has 0 aromatic rings. The normalized spacial score (nSPS) is 17.2. The van der Waals surface area contributed by atoms with Crippen molar-refractivity contribution in [3.8, 4) is 0 Å². The molecule has 0 aliphatic heterocycles. The minimum absolute atomic E-state index is 0.546. The molecule has 12 heavy (non-hydrogen) atoms. The summed E-state index contributed by atoms with van der Waals surface area (Å²) in [6.07, 6.45) is 8.03. The van der Waals surface area contributed by atoms with Crippen LogP contribution in [0.3, 0.4) is 0 Å². The van der Waals surface area contributed by atoms with Gasteiger partial charge in [0.1, 0.15) is 7.85 Å². The molecule has 0 saturated heterocycles. The monoisotopic (exact) mass is 294 g/mol. The summed E-state index contributed by atoms with van der Waals surface area (Å²) in [6, 6.07) is 0. The Labute approximate surface area is 93.3 Å². The zero-order valence-electron chi connectivity index (χ0n) is 7.96. The molecule has 0 aliphatic carbocycles. The molecular weight excluding hydrogens is 278 g/mol. The molecule has 0 heterocycles. The summed E-state index contributed by atoms with van der Waals surface area (Å²) in [5.74, 6) is 2.82. The van der Waals surface area contributed by atoms with Gasteiger partial charge in [-0.25, -0.2) is 0 Å². The number of halogens is 1. The Morgan fingerprint density at radius 3 is 2.50 bits per heavy atom. The van der Waals surface area contributed by atoms with E-state index in [9.17, 15) is 0 Å². The van der Waals surface area contributed by atoms with Crippen molar-refractivity contribution in [1.29, 1.82) is 0 Å². The largest absolute Gasteiger partial charge is 0.129 e. The number of hydrogen-bond acceptors (Lipinski definition) is 1. The molecule has 2 unspecified atom stereocenters. The summed E-state index contributed by atoms with van der Waals surface area (Å²) in [4.78, 5) is 0. The van der Waals surface area contributed by atoms with Crippen molar-refractivity contribution in [3.63, 3.8) is 0 Å². The van der Waals surface area contributed by atoms with E-state index in [4.69, 9.17) is 0 Å². The Morgan fingerprint density at radius 2 is 2.08 bits per heavy atom. The van der Waals surface area contributed by atoms with Crippen molar-refractivity contribution in [2.24, 2.45) is 5.92 Å². The molecule has 0 saturated carbocycles. The van der Waals surface area contributed by atoms with Crippen molar-refractivity contribution < 1.29 is 0 Å². The first kappa shape index (κ1) is 12.6. The van der Waals surface area contributed by atoms with Crippen LogP contribution in [-0.2, 0) is 0 Å². The van der Waals surface area contributed by atoms with E-state index in [1.807, 2.05) is 8.93 Å². The Hall–Kier alpha value is 0.625. The summed E-state index contributed by atoms with van der Waals surface area (Å²) in [5, 5.41) is 0.546. The SMILES string of the molecule is B/C=C\C(/C=C\C(C)CC)SI. The van der Waals surface area contributed by atoms with Crippen LogP contribution in [-0.4, -0.2) is 13.1 Å². The first-order valence-corrected chi connectivity index (χ1v) is 7.75. The Morgan fingerprint density at radius 1 is 1.42 bits per heavy atom. The topological polar surface area (TPSA) is 0 Å². The lowest BCUT2D eigenvalue weighted by Crippen LogP contribution is -1.92. The van der Waals surface area contributed by atoms with Crippen LogP contribution in [0.5, 0.6) is 0 Å². The average molecular weight is 294 g/mol. The van der Waals surface area contributed by atoms with Crippen LogP contribution in [0, 0.1) is 5.92 Å². The van der Waals surface area contributed by atoms with Crippen molar-refractivity contribution in [2.45, 2.75) is 25.5 Å². The third kappa shape index (κ3) is 6.18. The van der Waals surface area contributed by atoms with Gasteiger partial charge in [-0.15, -0.1) is 5.98 Å². The van der Waals surface area contributed by atoms with Crippen LogP contribution < -0.4 is 0 Å². The Balaban J connectivity index is 3.91. The highest BCUT2D eigenvalue weighted by atomic mass is 127. The fourth-order valence-corrected chi connectivity index (χ4v) is 2.13. The van der Waals surface area contributed by atoms with Gasteiger partial charge in [0.05, 0.1) is 5.25 Å². The lowest BCUT2D eigenvalue weighted by atomic mass is 10.1. The minimum atomic E-state index is 0.546. The minimum Gasteiger partial charge on any atom is -0.126 e. The number of hydrogen-bond donors (Lipinski definition) is 0. The molecule has 0 fully saturated rings. The Kier molecular flexibility index (Phi) is 8.66. The molecule has 0 bridgehead atoms. The third-order valence-corrected chi connectivity index (χ3v) is 4.04. The van der Waals surface area contributed by atoms with Gasteiger partial charge in [0.25, 0.3) is 0 Å². The van der Waals surface area contributed by atoms with Crippen molar-refractivity contribution >= 4 is 38.0 Å². The fraction of sp³-hybridized carbons (Fsp3) is 0.556. The van der Waals surface area contributed by atoms with Crippen LogP contribution in [0.1, 0.15) is 20.3 Å². The van der Waals surface area contributed by atoms with Gasteiger partial charge < -0.3 is 0 Å². The zero-order valence-corrected chi connectivity index (χ0v) is 10.9. The fourth-order valence-electron chi connectivity index (χ4n) is 0.748. The molecule has 0 rings (SSSR count). The van der Waals surface area contributed by atoms with Crippen LogP contribution in [0.2, 0.25) is 0 Å². The smallest absolute Gasteiger partial charge is 0.126 e. The van der Waals surface area contributed by atoms with Crippen molar-refractivity contribution in [3.05, 3.63) is 24.2 Å². The standard InChI is InChI=1S/C9H16BIS/c1-3-8(2)4-5-9(12-11)6-7-10/h4-9H,3,10H2,1-2H3/b5-4-,7-6-. The summed E-state index contributed by atoms with van der Waals surface area (Å²) in [5.41, 5.74) is 0. The first-order valence-electron chi connectivity index (χ1n) is 4.33. The van der Waals surface area contributed by atoms with Gasteiger partial charge in [0, 0.05) is 0 Å². The van der Waals surface area contributed by atoms with Gasteiger partial charge in [0.2, 0.25) is 0 Å². The second-order valence-electron chi connectivity index (χ2n) is 2.85. The van der Waals surface area contributed by atoms with E-state index in [1.54, 1.807) is 0 Å². The van der Waals surface area contributed by atoms with E-state index in [2.05, 4.69) is 67.1 Å². The summed E-state index contributed by atoms with van der Waals surface area (Å²) in [6.45, 7) is 4.47. The molecule has 0 radical (unpaired) electrons. The predicted molar refractivity (Wildman–Crippen MR) is 71.7 cm³/mol. The van der Waals surface area contributed by atoms with Crippen LogP contribution in [0.15, 0.2) is 24.2 Å².